The van der Waals surface area contributed by atoms with Crippen LogP contribution in [0.3, 0.4) is 0 Å². The summed E-state index contributed by atoms with van der Waals surface area (Å²) >= 11 is 1.51. The van der Waals surface area contributed by atoms with Gasteiger partial charge in [0.15, 0.2) is 11.5 Å². The number of rotatable bonds is 5. The molecule has 1 aliphatic rings. The van der Waals surface area contributed by atoms with Gasteiger partial charge in [-0.05, 0) is 29.8 Å². The summed E-state index contributed by atoms with van der Waals surface area (Å²) in [4.78, 5) is 0. The van der Waals surface area contributed by atoms with Crippen LogP contribution in [-0.4, -0.2) is 31.5 Å². The van der Waals surface area contributed by atoms with Gasteiger partial charge in [0.25, 0.3) is 0 Å². The van der Waals surface area contributed by atoms with E-state index >= 15 is 0 Å². The Balaban J connectivity index is 1.88. The van der Waals surface area contributed by atoms with Crippen LogP contribution >= 0.6 is 11.8 Å². The van der Waals surface area contributed by atoms with Crippen molar-refractivity contribution in [2.24, 2.45) is 5.10 Å². The normalized spacial score (nSPS) is 16.3. The molecule has 2 aromatic rings. The van der Waals surface area contributed by atoms with Crippen molar-refractivity contribution in [3.05, 3.63) is 47.5 Å². The summed E-state index contributed by atoms with van der Waals surface area (Å²) in [6.07, 6.45) is 0. The number of aromatic hydroxyl groups is 1. The first-order valence-electron chi connectivity index (χ1n) is 7.26. The van der Waals surface area contributed by atoms with Crippen LogP contribution in [0.2, 0.25) is 0 Å². The molecule has 0 spiro atoms. The van der Waals surface area contributed by atoms with E-state index in [-0.39, 0.29) is 11.1 Å². The van der Waals surface area contributed by atoms with Crippen molar-refractivity contribution in [3.8, 4) is 23.0 Å². The zero-order valence-electron chi connectivity index (χ0n) is 13.6. The molecule has 0 aliphatic carbocycles. The fourth-order valence-corrected chi connectivity index (χ4v) is 3.46. The predicted molar refractivity (Wildman–Crippen MR) is 94.2 cm³/mol. The Kier molecular flexibility index (Phi) is 4.71. The van der Waals surface area contributed by atoms with Gasteiger partial charge < -0.3 is 19.3 Å². The number of thioether (sulfide) groups is 1. The molecule has 1 heterocycles. The number of hydrogen-bond donors (Lipinski definition) is 2. The van der Waals surface area contributed by atoms with Gasteiger partial charge in [0.05, 0.1) is 26.9 Å². The molecule has 24 heavy (non-hydrogen) atoms. The summed E-state index contributed by atoms with van der Waals surface area (Å²) in [6.45, 7) is 0. The molecule has 6 nitrogen and oxygen atoms in total. The standard InChI is InChI=1S/C17H18N2O4S/c1-21-13-8-10(9-14(22-2)15(13)23-3)16-18-19-17(24-16)11-6-4-5-7-12(11)20/h4-9,16,18,20H,1-3H3. The lowest BCUT2D eigenvalue weighted by molar-refractivity contribution is 0.323. The minimum Gasteiger partial charge on any atom is -0.507 e. The molecule has 0 radical (unpaired) electrons. The highest BCUT2D eigenvalue weighted by atomic mass is 32.2. The summed E-state index contributed by atoms with van der Waals surface area (Å²) < 4.78 is 16.1. The molecule has 3 rings (SSSR count). The van der Waals surface area contributed by atoms with Gasteiger partial charge in [0.2, 0.25) is 5.75 Å². The van der Waals surface area contributed by atoms with Gasteiger partial charge in [-0.15, -0.1) is 0 Å². The molecule has 1 aliphatic heterocycles. The van der Waals surface area contributed by atoms with Crippen molar-refractivity contribution in [1.29, 1.82) is 0 Å². The van der Waals surface area contributed by atoms with Crippen LogP contribution in [0.4, 0.5) is 0 Å². The molecule has 0 aromatic heterocycles. The van der Waals surface area contributed by atoms with E-state index in [2.05, 4.69) is 10.5 Å². The van der Waals surface area contributed by atoms with E-state index in [1.807, 2.05) is 24.3 Å². The van der Waals surface area contributed by atoms with Crippen LogP contribution in [0, 0.1) is 0 Å². The molecule has 126 valence electrons. The third-order valence-corrected chi connectivity index (χ3v) is 4.78. The topological polar surface area (TPSA) is 72.3 Å². The Morgan fingerprint density at radius 2 is 1.71 bits per heavy atom. The Morgan fingerprint density at radius 1 is 1.04 bits per heavy atom. The number of ether oxygens (including phenoxy) is 3. The molecular formula is C17H18N2O4S. The van der Waals surface area contributed by atoms with E-state index in [0.717, 1.165) is 10.6 Å². The van der Waals surface area contributed by atoms with E-state index in [1.54, 1.807) is 33.5 Å². The molecule has 0 bridgehead atoms. The first-order valence-corrected chi connectivity index (χ1v) is 8.14. The number of hydrazone groups is 1. The second-order valence-electron chi connectivity index (χ2n) is 5.02. The molecule has 1 atom stereocenters. The number of methoxy groups -OCH3 is 3. The maximum atomic E-state index is 9.98. The lowest BCUT2D eigenvalue weighted by atomic mass is 10.2. The van der Waals surface area contributed by atoms with E-state index in [4.69, 9.17) is 14.2 Å². The van der Waals surface area contributed by atoms with Gasteiger partial charge in [-0.2, -0.15) is 5.10 Å². The fraction of sp³-hybridized carbons (Fsp3) is 0.235. The molecule has 0 amide bonds. The molecule has 7 heteroatoms. The molecule has 0 fully saturated rings. The number of nitrogens with one attached hydrogen (secondary N) is 1. The second-order valence-corrected chi connectivity index (χ2v) is 6.11. The summed E-state index contributed by atoms with van der Waals surface area (Å²) in [5.41, 5.74) is 4.71. The minimum absolute atomic E-state index is 0.117. The summed E-state index contributed by atoms with van der Waals surface area (Å²) in [5.74, 6) is 1.93. The van der Waals surface area contributed by atoms with E-state index in [0.29, 0.717) is 22.8 Å². The van der Waals surface area contributed by atoms with Crippen LogP contribution in [0.25, 0.3) is 0 Å². The van der Waals surface area contributed by atoms with E-state index < -0.39 is 0 Å². The Hall–Kier alpha value is -2.54. The summed E-state index contributed by atoms with van der Waals surface area (Å²) in [7, 11) is 4.74. The van der Waals surface area contributed by atoms with Crippen LogP contribution in [-0.2, 0) is 0 Å². The summed E-state index contributed by atoms with van der Waals surface area (Å²) in [6, 6.07) is 10.9. The van der Waals surface area contributed by atoms with Gasteiger partial charge in [-0.3, -0.25) is 5.43 Å². The molecular weight excluding hydrogens is 328 g/mol. The van der Waals surface area contributed by atoms with Crippen LogP contribution in [0.15, 0.2) is 41.5 Å². The van der Waals surface area contributed by atoms with Gasteiger partial charge in [-0.25, -0.2) is 0 Å². The first kappa shape index (κ1) is 16.3. The van der Waals surface area contributed by atoms with Gasteiger partial charge in [0, 0.05) is 0 Å². The van der Waals surface area contributed by atoms with Crippen LogP contribution in [0.1, 0.15) is 16.5 Å². The SMILES string of the molecule is COc1cc(C2NN=C(c3ccccc3O)S2)cc(OC)c1OC. The van der Waals surface area contributed by atoms with Crippen molar-refractivity contribution < 1.29 is 19.3 Å². The van der Waals surface area contributed by atoms with Crippen LogP contribution in [0.5, 0.6) is 23.0 Å². The number of benzene rings is 2. The molecule has 2 aromatic carbocycles. The monoisotopic (exact) mass is 346 g/mol. The lowest BCUT2D eigenvalue weighted by Crippen LogP contribution is -2.07. The molecule has 0 saturated carbocycles. The van der Waals surface area contributed by atoms with Crippen molar-refractivity contribution >= 4 is 16.8 Å². The third kappa shape index (κ3) is 2.94. The largest absolute Gasteiger partial charge is 0.507 e. The fourth-order valence-electron chi connectivity index (χ4n) is 2.46. The van der Waals surface area contributed by atoms with Gasteiger partial charge >= 0.3 is 0 Å². The third-order valence-electron chi connectivity index (χ3n) is 3.64. The van der Waals surface area contributed by atoms with Gasteiger partial charge in [0.1, 0.15) is 16.2 Å². The van der Waals surface area contributed by atoms with Crippen molar-refractivity contribution in [2.75, 3.05) is 21.3 Å². The van der Waals surface area contributed by atoms with Gasteiger partial charge in [-0.1, -0.05) is 23.9 Å². The number of phenols is 1. The number of hydrogen-bond acceptors (Lipinski definition) is 7. The minimum atomic E-state index is -0.117. The summed E-state index contributed by atoms with van der Waals surface area (Å²) in [5, 5.41) is 14.9. The Morgan fingerprint density at radius 3 is 2.29 bits per heavy atom. The highest BCUT2D eigenvalue weighted by molar-refractivity contribution is 8.14. The van der Waals surface area contributed by atoms with Crippen molar-refractivity contribution in [1.82, 2.24) is 5.43 Å². The average Bonchev–Trinajstić information content (AvgIpc) is 3.10. The van der Waals surface area contributed by atoms with Crippen molar-refractivity contribution in [3.63, 3.8) is 0 Å². The zero-order valence-corrected chi connectivity index (χ0v) is 14.4. The molecule has 1 unspecified atom stereocenters. The zero-order chi connectivity index (χ0) is 17.1. The average molecular weight is 346 g/mol. The highest BCUT2D eigenvalue weighted by Crippen LogP contribution is 2.43. The predicted octanol–water partition coefficient (Wildman–Crippen LogP) is 3.11. The number of para-hydroxylation sites is 1. The quantitative estimate of drug-likeness (QED) is 0.867. The lowest BCUT2D eigenvalue weighted by Gasteiger charge is -2.16. The molecule has 0 saturated heterocycles. The number of phenolic OH excluding ortho intramolecular Hbond substituents is 1. The Bertz CT molecular complexity index is 754. The smallest absolute Gasteiger partial charge is 0.203 e. The number of nitrogens with zero attached hydrogens (tertiary/aromatic N) is 1. The maximum absolute atomic E-state index is 9.98. The van der Waals surface area contributed by atoms with E-state index in [9.17, 15) is 5.11 Å². The first-order chi connectivity index (χ1) is 11.7. The highest BCUT2D eigenvalue weighted by Gasteiger charge is 2.26. The second kappa shape index (κ2) is 6.92. The maximum Gasteiger partial charge on any atom is 0.203 e. The van der Waals surface area contributed by atoms with Crippen LogP contribution < -0.4 is 19.6 Å². The van der Waals surface area contributed by atoms with Crippen molar-refractivity contribution in [2.45, 2.75) is 5.37 Å². The Labute approximate surface area is 144 Å². The van der Waals surface area contributed by atoms with E-state index in [1.165, 1.54) is 11.8 Å². The molecule has 2 N–H and O–H groups in total.